The van der Waals surface area contributed by atoms with Crippen LogP contribution in [-0.2, 0) is 4.79 Å². The maximum Gasteiger partial charge on any atom is 0.238 e. The minimum atomic E-state index is -0.298. The zero-order valence-corrected chi connectivity index (χ0v) is 12.5. The highest BCUT2D eigenvalue weighted by atomic mass is 32.2. The molecule has 1 aliphatic rings. The first-order chi connectivity index (χ1) is 8.96. The van der Waals surface area contributed by atoms with E-state index < -0.39 is 0 Å². The molecule has 0 radical (unpaired) electrons. The minimum Gasteiger partial charge on any atom is -0.508 e. The molecule has 1 fully saturated rings. The van der Waals surface area contributed by atoms with Crippen LogP contribution >= 0.6 is 11.8 Å². The highest BCUT2D eigenvalue weighted by Gasteiger charge is 2.40. The highest BCUT2D eigenvalue weighted by molar-refractivity contribution is 8.01. The molecule has 0 aliphatic carbocycles. The van der Waals surface area contributed by atoms with Gasteiger partial charge in [0, 0.05) is 12.6 Å². The number of carbonyl (C=O) groups is 1. The van der Waals surface area contributed by atoms with E-state index in [0.717, 1.165) is 24.2 Å². The number of phenols is 1. The number of para-hydroxylation sites is 1. The third kappa shape index (κ3) is 2.73. The number of thioether (sulfide) groups is 1. The number of hydrogen-bond acceptors (Lipinski definition) is 3. The van der Waals surface area contributed by atoms with E-state index in [-0.39, 0.29) is 22.4 Å². The summed E-state index contributed by atoms with van der Waals surface area (Å²) in [4.78, 5) is 14.4. The van der Waals surface area contributed by atoms with Gasteiger partial charge in [-0.1, -0.05) is 18.2 Å². The van der Waals surface area contributed by atoms with Crippen LogP contribution in [-0.4, -0.2) is 33.5 Å². The lowest BCUT2D eigenvalue weighted by molar-refractivity contribution is -0.134. The van der Waals surface area contributed by atoms with Crippen LogP contribution in [0.5, 0.6) is 5.75 Å². The van der Waals surface area contributed by atoms with Gasteiger partial charge in [0.1, 0.15) is 5.75 Å². The molecule has 1 saturated heterocycles. The number of rotatable bonds is 3. The Balaban J connectivity index is 2.17. The second-order valence-corrected chi connectivity index (χ2v) is 6.93. The Morgan fingerprint density at radius 2 is 2.16 bits per heavy atom. The Bertz CT molecular complexity index is 469. The molecule has 1 N–H and O–H groups in total. The van der Waals surface area contributed by atoms with E-state index in [4.69, 9.17) is 0 Å². The monoisotopic (exact) mass is 279 g/mol. The molecule has 2 rings (SSSR count). The molecule has 19 heavy (non-hydrogen) atoms. The standard InChI is InChI=1S/C15H21NO2S/c1-11(12-7-4-5-8-13(12)17)16(3)14(18)15(2)9-6-10-19-15/h4-5,7-8,11,17H,6,9-10H2,1-3H3. The van der Waals surface area contributed by atoms with Crippen molar-refractivity contribution in [2.24, 2.45) is 0 Å². The maximum atomic E-state index is 12.6. The van der Waals surface area contributed by atoms with E-state index in [2.05, 4.69) is 0 Å². The zero-order chi connectivity index (χ0) is 14.0. The minimum absolute atomic E-state index is 0.119. The molecule has 2 atom stereocenters. The summed E-state index contributed by atoms with van der Waals surface area (Å²) in [6, 6.07) is 7.09. The molecule has 1 heterocycles. The lowest BCUT2D eigenvalue weighted by Gasteiger charge is -2.32. The first kappa shape index (κ1) is 14.3. The molecule has 4 heteroatoms. The average molecular weight is 279 g/mol. The molecule has 1 amide bonds. The van der Waals surface area contributed by atoms with Gasteiger partial charge in [-0.2, -0.15) is 0 Å². The SMILES string of the molecule is CC(c1ccccc1O)N(C)C(=O)C1(C)CCCS1. The first-order valence-electron chi connectivity index (χ1n) is 6.65. The van der Waals surface area contributed by atoms with Gasteiger partial charge >= 0.3 is 0 Å². The maximum absolute atomic E-state index is 12.6. The quantitative estimate of drug-likeness (QED) is 0.923. The Morgan fingerprint density at radius 3 is 2.74 bits per heavy atom. The van der Waals surface area contributed by atoms with Gasteiger partial charge in [0.15, 0.2) is 0 Å². The van der Waals surface area contributed by atoms with Gasteiger partial charge in [-0.05, 0) is 38.5 Å². The summed E-state index contributed by atoms with van der Waals surface area (Å²) in [5.74, 6) is 1.46. The molecule has 0 saturated carbocycles. The smallest absolute Gasteiger partial charge is 0.238 e. The highest BCUT2D eigenvalue weighted by Crippen LogP contribution is 2.40. The van der Waals surface area contributed by atoms with Gasteiger partial charge in [0.2, 0.25) is 5.91 Å². The molecule has 1 aliphatic heterocycles. The molecule has 0 spiro atoms. The van der Waals surface area contributed by atoms with Gasteiger partial charge in [-0.3, -0.25) is 4.79 Å². The zero-order valence-electron chi connectivity index (χ0n) is 11.7. The van der Waals surface area contributed by atoms with Crippen LogP contribution in [0.15, 0.2) is 24.3 Å². The van der Waals surface area contributed by atoms with Gasteiger partial charge in [0.25, 0.3) is 0 Å². The Morgan fingerprint density at radius 1 is 1.47 bits per heavy atom. The van der Waals surface area contributed by atoms with Crippen molar-refractivity contribution in [3.63, 3.8) is 0 Å². The van der Waals surface area contributed by atoms with Gasteiger partial charge in [0.05, 0.1) is 10.8 Å². The van der Waals surface area contributed by atoms with Gasteiger partial charge in [-0.25, -0.2) is 0 Å². The van der Waals surface area contributed by atoms with Crippen LogP contribution in [0.4, 0.5) is 0 Å². The summed E-state index contributed by atoms with van der Waals surface area (Å²) >= 11 is 1.74. The fourth-order valence-corrected chi connectivity index (χ4v) is 3.84. The van der Waals surface area contributed by atoms with E-state index in [1.165, 1.54) is 0 Å². The fourth-order valence-electron chi connectivity index (χ4n) is 2.55. The van der Waals surface area contributed by atoms with E-state index >= 15 is 0 Å². The molecule has 1 aromatic rings. The molecule has 104 valence electrons. The van der Waals surface area contributed by atoms with Crippen molar-refractivity contribution < 1.29 is 9.90 Å². The summed E-state index contributed by atoms with van der Waals surface area (Å²) in [5, 5.41) is 9.90. The number of nitrogens with zero attached hydrogens (tertiary/aromatic N) is 1. The molecular weight excluding hydrogens is 258 g/mol. The van der Waals surface area contributed by atoms with E-state index in [9.17, 15) is 9.90 Å². The molecule has 0 bridgehead atoms. The predicted molar refractivity (Wildman–Crippen MR) is 79.4 cm³/mol. The van der Waals surface area contributed by atoms with Crippen LogP contribution < -0.4 is 0 Å². The van der Waals surface area contributed by atoms with Crippen molar-refractivity contribution in [3.8, 4) is 5.75 Å². The molecular formula is C15H21NO2S. The topological polar surface area (TPSA) is 40.5 Å². The van der Waals surface area contributed by atoms with Crippen LogP contribution in [0, 0.1) is 0 Å². The van der Waals surface area contributed by atoms with E-state index in [1.54, 1.807) is 28.8 Å². The number of hydrogen-bond donors (Lipinski definition) is 1. The molecule has 1 aromatic carbocycles. The Kier molecular flexibility index (Phi) is 4.09. The van der Waals surface area contributed by atoms with Crippen LogP contribution in [0.1, 0.15) is 38.3 Å². The largest absolute Gasteiger partial charge is 0.508 e. The van der Waals surface area contributed by atoms with Crippen LogP contribution in [0.25, 0.3) is 0 Å². The number of phenolic OH excluding ortho intramolecular Hbond substituents is 1. The lowest BCUT2D eigenvalue weighted by atomic mass is 10.0. The first-order valence-corrected chi connectivity index (χ1v) is 7.63. The number of carbonyl (C=O) groups excluding carboxylic acids is 1. The second-order valence-electron chi connectivity index (χ2n) is 5.33. The lowest BCUT2D eigenvalue weighted by Crippen LogP contribution is -2.42. The van der Waals surface area contributed by atoms with Crippen molar-refractivity contribution in [2.45, 2.75) is 37.5 Å². The van der Waals surface area contributed by atoms with Crippen LogP contribution in [0.2, 0.25) is 0 Å². The normalized spacial score (nSPS) is 24.2. The fraction of sp³-hybridized carbons (Fsp3) is 0.533. The molecule has 3 nitrogen and oxygen atoms in total. The summed E-state index contributed by atoms with van der Waals surface area (Å²) in [5.41, 5.74) is 0.796. The van der Waals surface area contributed by atoms with Crippen molar-refractivity contribution in [1.29, 1.82) is 0 Å². The second kappa shape index (κ2) is 5.45. The summed E-state index contributed by atoms with van der Waals surface area (Å²) < 4.78 is -0.298. The third-order valence-corrected chi connectivity index (χ3v) is 5.47. The van der Waals surface area contributed by atoms with E-state index in [0.29, 0.717) is 0 Å². The predicted octanol–water partition coefficient (Wildman–Crippen LogP) is 3.20. The number of aromatic hydroxyl groups is 1. The molecule has 2 unspecified atom stereocenters. The number of benzene rings is 1. The summed E-state index contributed by atoms with van der Waals surface area (Å²) in [6.45, 7) is 3.98. The van der Waals surface area contributed by atoms with Gasteiger partial charge < -0.3 is 10.0 Å². The van der Waals surface area contributed by atoms with Crippen molar-refractivity contribution in [2.75, 3.05) is 12.8 Å². The molecule has 0 aromatic heterocycles. The third-order valence-electron chi connectivity index (χ3n) is 3.96. The van der Waals surface area contributed by atoms with E-state index in [1.807, 2.05) is 33.0 Å². The number of amides is 1. The Hall–Kier alpha value is -1.16. The summed E-state index contributed by atoms with van der Waals surface area (Å²) in [6.07, 6.45) is 2.04. The summed E-state index contributed by atoms with van der Waals surface area (Å²) in [7, 11) is 1.82. The van der Waals surface area contributed by atoms with Crippen molar-refractivity contribution in [1.82, 2.24) is 4.90 Å². The Labute approximate surface area is 119 Å². The van der Waals surface area contributed by atoms with Crippen molar-refractivity contribution in [3.05, 3.63) is 29.8 Å². The van der Waals surface area contributed by atoms with Crippen molar-refractivity contribution >= 4 is 17.7 Å². The van der Waals surface area contributed by atoms with Gasteiger partial charge in [-0.15, -0.1) is 11.8 Å². The van der Waals surface area contributed by atoms with Crippen LogP contribution in [0.3, 0.4) is 0 Å². The average Bonchev–Trinajstić information content (AvgIpc) is 2.85.